The molecule has 1 aliphatic heterocycles. The van der Waals surface area contributed by atoms with E-state index in [4.69, 9.17) is 0 Å². The predicted octanol–water partition coefficient (Wildman–Crippen LogP) is 2.36. The highest BCUT2D eigenvalue weighted by molar-refractivity contribution is 7.09. The number of nitrogens with zero attached hydrogens (tertiary/aromatic N) is 4. The summed E-state index contributed by atoms with van der Waals surface area (Å²) in [5, 5.41) is 11.1. The average Bonchev–Trinajstić information content (AvgIpc) is 3.01. The van der Waals surface area contributed by atoms with Gasteiger partial charge in [0.05, 0.1) is 0 Å². The van der Waals surface area contributed by atoms with E-state index >= 15 is 0 Å². The molecule has 2 aliphatic rings. The summed E-state index contributed by atoms with van der Waals surface area (Å²) in [6, 6.07) is 3.70. The minimum Gasteiger partial charge on any atom is -0.358 e. The van der Waals surface area contributed by atoms with Gasteiger partial charge in [-0.2, -0.15) is 9.47 Å². The van der Waals surface area contributed by atoms with Crippen molar-refractivity contribution in [2.45, 2.75) is 50.5 Å². The van der Waals surface area contributed by atoms with Gasteiger partial charge in [0.1, 0.15) is 11.6 Å². The fourth-order valence-electron chi connectivity index (χ4n) is 3.36. The maximum atomic E-state index is 11.2. The van der Waals surface area contributed by atoms with Crippen LogP contribution in [0.4, 0.5) is 10.9 Å². The SMILES string of the molecule is O=c1ccc(N2CCCCC2CNc2nc(C3CCC3)ns2)n[nH]1. The van der Waals surface area contributed by atoms with E-state index in [0.29, 0.717) is 12.0 Å². The van der Waals surface area contributed by atoms with Gasteiger partial charge in [0, 0.05) is 42.6 Å². The molecular weight excluding hydrogens is 324 g/mol. The largest absolute Gasteiger partial charge is 0.358 e. The summed E-state index contributed by atoms with van der Waals surface area (Å²) in [6.07, 6.45) is 7.24. The Bertz CT molecular complexity index is 720. The second-order valence-corrected chi connectivity index (χ2v) is 7.34. The van der Waals surface area contributed by atoms with Crippen LogP contribution in [-0.4, -0.2) is 38.7 Å². The Morgan fingerprint density at radius 2 is 2.17 bits per heavy atom. The first kappa shape index (κ1) is 15.6. The molecule has 3 heterocycles. The van der Waals surface area contributed by atoms with E-state index in [1.54, 1.807) is 6.07 Å². The smallest absolute Gasteiger partial charge is 0.264 e. The molecule has 8 heteroatoms. The van der Waals surface area contributed by atoms with Crippen LogP contribution in [-0.2, 0) is 0 Å². The lowest BCUT2D eigenvalue weighted by atomic mass is 9.85. The van der Waals surface area contributed by atoms with Gasteiger partial charge >= 0.3 is 0 Å². The van der Waals surface area contributed by atoms with E-state index in [0.717, 1.165) is 42.7 Å². The van der Waals surface area contributed by atoms with E-state index in [9.17, 15) is 4.79 Å². The molecule has 1 saturated carbocycles. The van der Waals surface area contributed by atoms with Crippen molar-refractivity contribution in [3.8, 4) is 0 Å². The summed E-state index contributed by atoms with van der Waals surface area (Å²) >= 11 is 1.46. The third kappa shape index (κ3) is 3.28. The number of piperidine rings is 1. The first-order chi connectivity index (χ1) is 11.8. The van der Waals surface area contributed by atoms with Crippen LogP contribution in [0.2, 0.25) is 0 Å². The minimum atomic E-state index is -0.164. The zero-order valence-corrected chi connectivity index (χ0v) is 14.4. The van der Waals surface area contributed by atoms with Crippen molar-refractivity contribution >= 4 is 22.5 Å². The lowest BCUT2D eigenvalue weighted by Crippen LogP contribution is -2.44. The minimum absolute atomic E-state index is 0.164. The van der Waals surface area contributed by atoms with Crippen molar-refractivity contribution in [3.05, 3.63) is 28.3 Å². The van der Waals surface area contributed by atoms with Crippen LogP contribution in [0.1, 0.15) is 50.3 Å². The standard InChI is InChI=1S/C16H22N6OS/c23-14-8-7-13(19-20-14)22-9-2-1-6-12(22)10-17-16-18-15(21-24-16)11-4-3-5-11/h7-8,11-12H,1-6,9-10H2,(H,20,23)(H,17,18,21). The molecule has 0 amide bonds. The topological polar surface area (TPSA) is 86.8 Å². The van der Waals surface area contributed by atoms with Gasteiger partial charge in [0.2, 0.25) is 5.13 Å². The molecule has 1 unspecified atom stereocenters. The first-order valence-electron chi connectivity index (χ1n) is 8.69. The van der Waals surface area contributed by atoms with E-state index in [1.165, 1.54) is 43.3 Å². The number of aromatic nitrogens is 4. The Labute approximate surface area is 144 Å². The fraction of sp³-hybridized carbons (Fsp3) is 0.625. The third-order valence-corrected chi connectivity index (χ3v) is 5.67. The molecule has 0 radical (unpaired) electrons. The molecule has 4 rings (SSSR count). The molecule has 7 nitrogen and oxygen atoms in total. The zero-order chi connectivity index (χ0) is 16.4. The van der Waals surface area contributed by atoms with E-state index in [-0.39, 0.29) is 5.56 Å². The maximum absolute atomic E-state index is 11.2. The van der Waals surface area contributed by atoms with Crippen molar-refractivity contribution in [1.82, 2.24) is 19.6 Å². The first-order valence-corrected chi connectivity index (χ1v) is 9.47. The number of anilines is 2. The van der Waals surface area contributed by atoms with Gasteiger partial charge in [-0.3, -0.25) is 4.79 Å². The Morgan fingerprint density at radius 3 is 2.92 bits per heavy atom. The Balaban J connectivity index is 1.40. The van der Waals surface area contributed by atoms with Crippen molar-refractivity contribution < 1.29 is 0 Å². The van der Waals surface area contributed by atoms with Crippen LogP contribution in [0.25, 0.3) is 0 Å². The molecule has 0 spiro atoms. The second-order valence-electron chi connectivity index (χ2n) is 6.59. The predicted molar refractivity (Wildman–Crippen MR) is 94.8 cm³/mol. The third-order valence-electron chi connectivity index (χ3n) is 4.99. The molecule has 128 valence electrons. The van der Waals surface area contributed by atoms with Crippen LogP contribution in [0.15, 0.2) is 16.9 Å². The summed E-state index contributed by atoms with van der Waals surface area (Å²) in [5.74, 6) is 2.43. The number of hydrogen-bond donors (Lipinski definition) is 2. The second kappa shape index (κ2) is 6.88. The molecule has 2 aromatic rings. The highest BCUT2D eigenvalue weighted by Crippen LogP contribution is 2.35. The number of H-pyrrole nitrogens is 1. The van der Waals surface area contributed by atoms with Crippen molar-refractivity contribution in [2.75, 3.05) is 23.3 Å². The van der Waals surface area contributed by atoms with Crippen LogP contribution in [0.5, 0.6) is 0 Å². The van der Waals surface area contributed by atoms with Gasteiger partial charge in [0.25, 0.3) is 5.56 Å². The Hall–Kier alpha value is -1.96. The van der Waals surface area contributed by atoms with Crippen LogP contribution in [0, 0.1) is 0 Å². The molecule has 0 bridgehead atoms. The molecule has 2 fully saturated rings. The van der Waals surface area contributed by atoms with Gasteiger partial charge in [-0.25, -0.2) is 10.1 Å². The highest BCUT2D eigenvalue weighted by Gasteiger charge is 2.26. The van der Waals surface area contributed by atoms with Gasteiger partial charge in [0.15, 0.2) is 0 Å². The zero-order valence-electron chi connectivity index (χ0n) is 13.6. The number of nitrogens with one attached hydrogen (secondary N) is 2. The Morgan fingerprint density at radius 1 is 1.25 bits per heavy atom. The lowest BCUT2D eigenvalue weighted by molar-refractivity contribution is 0.405. The number of hydrogen-bond acceptors (Lipinski definition) is 7. The molecule has 0 aromatic carbocycles. The molecule has 2 N–H and O–H groups in total. The van der Waals surface area contributed by atoms with Gasteiger partial charge < -0.3 is 10.2 Å². The van der Waals surface area contributed by atoms with E-state index < -0.39 is 0 Å². The van der Waals surface area contributed by atoms with Crippen LogP contribution in [0.3, 0.4) is 0 Å². The van der Waals surface area contributed by atoms with Crippen molar-refractivity contribution in [2.24, 2.45) is 0 Å². The van der Waals surface area contributed by atoms with Crippen LogP contribution >= 0.6 is 11.5 Å². The average molecular weight is 346 g/mol. The maximum Gasteiger partial charge on any atom is 0.264 e. The molecule has 2 aromatic heterocycles. The summed E-state index contributed by atoms with van der Waals surface area (Å²) in [5.41, 5.74) is -0.164. The monoisotopic (exact) mass is 346 g/mol. The lowest BCUT2D eigenvalue weighted by Gasteiger charge is -2.36. The van der Waals surface area contributed by atoms with E-state index in [2.05, 4.69) is 29.8 Å². The summed E-state index contributed by atoms with van der Waals surface area (Å²) in [4.78, 5) is 18.1. The number of rotatable bonds is 5. The van der Waals surface area contributed by atoms with Gasteiger partial charge in [-0.1, -0.05) is 6.42 Å². The summed E-state index contributed by atoms with van der Waals surface area (Å²) in [7, 11) is 0. The fourth-order valence-corrected chi connectivity index (χ4v) is 4.01. The number of aromatic amines is 1. The quantitative estimate of drug-likeness (QED) is 0.864. The van der Waals surface area contributed by atoms with Gasteiger partial charge in [-0.15, -0.1) is 0 Å². The summed E-state index contributed by atoms with van der Waals surface area (Å²) < 4.78 is 4.49. The highest BCUT2D eigenvalue weighted by atomic mass is 32.1. The Kier molecular flexibility index (Phi) is 4.46. The molecule has 1 atom stereocenters. The van der Waals surface area contributed by atoms with Crippen LogP contribution < -0.4 is 15.8 Å². The normalized spacial score (nSPS) is 21.5. The molecule has 1 aliphatic carbocycles. The summed E-state index contributed by atoms with van der Waals surface area (Å²) in [6.45, 7) is 1.79. The molecule has 24 heavy (non-hydrogen) atoms. The molecular formula is C16H22N6OS. The van der Waals surface area contributed by atoms with Crippen molar-refractivity contribution in [3.63, 3.8) is 0 Å². The molecule has 1 saturated heterocycles. The van der Waals surface area contributed by atoms with E-state index in [1.807, 2.05) is 0 Å². The van der Waals surface area contributed by atoms with Crippen molar-refractivity contribution in [1.29, 1.82) is 0 Å². The van der Waals surface area contributed by atoms with Gasteiger partial charge in [-0.05, 0) is 38.2 Å².